The molecule has 1 amide bonds. The average molecular weight is 239 g/mol. The van der Waals surface area contributed by atoms with Gasteiger partial charge in [0.1, 0.15) is 0 Å². The van der Waals surface area contributed by atoms with Crippen molar-refractivity contribution in [2.45, 2.75) is 26.4 Å². The molecule has 2 atom stereocenters. The summed E-state index contributed by atoms with van der Waals surface area (Å²) in [7, 11) is 0. The summed E-state index contributed by atoms with van der Waals surface area (Å²) in [4.78, 5) is 14.0. The zero-order valence-corrected chi connectivity index (χ0v) is 10.5. The summed E-state index contributed by atoms with van der Waals surface area (Å²) in [6.07, 6.45) is 0.591. The molecule has 2 unspecified atom stereocenters. The van der Waals surface area contributed by atoms with E-state index in [4.69, 9.17) is 0 Å². The van der Waals surface area contributed by atoms with Gasteiger partial charge in [0.25, 0.3) is 5.91 Å². The molecule has 1 aromatic heterocycles. The predicted molar refractivity (Wildman–Crippen MR) is 64.7 cm³/mol. The molecule has 4 heteroatoms. The summed E-state index contributed by atoms with van der Waals surface area (Å²) < 4.78 is 0. The Morgan fingerprint density at radius 2 is 2.38 bits per heavy atom. The molecule has 1 aliphatic rings. The Morgan fingerprint density at radius 3 is 2.88 bits per heavy atom. The first-order valence-corrected chi connectivity index (χ1v) is 6.54. The van der Waals surface area contributed by atoms with Crippen LogP contribution >= 0.6 is 11.3 Å². The number of amides is 1. The van der Waals surface area contributed by atoms with Crippen LogP contribution in [0.3, 0.4) is 0 Å². The molecular weight excluding hydrogens is 222 g/mol. The summed E-state index contributed by atoms with van der Waals surface area (Å²) in [5, 5.41) is 13.4. The van der Waals surface area contributed by atoms with Crippen molar-refractivity contribution >= 4 is 17.2 Å². The maximum atomic E-state index is 12.1. The van der Waals surface area contributed by atoms with Crippen molar-refractivity contribution in [1.29, 1.82) is 0 Å². The highest BCUT2D eigenvalue weighted by Gasteiger charge is 2.30. The lowest BCUT2D eigenvalue weighted by Crippen LogP contribution is -2.30. The van der Waals surface area contributed by atoms with E-state index in [0.29, 0.717) is 6.54 Å². The van der Waals surface area contributed by atoms with Crippen molar-refractivity contribution in [2.75, 3.05) is 13.1 Å². The van der Waals surface area contributed by atoms with Gasteiger partial charge in [-0.3, -0.25) is 4.79 Å². The van der Waals surface area contributed by atoms with Crippen molar-refractivity contribution < 1.29 is 9.90 Å². The number of thiophene rings is 1. The fourth-order valence-electron chi connectivity index (χ4n) is 2.12. The van der Waals surface area contributed by atoms with E-state index in [9.17, 15) is 9.90 Å². The molecule has 0 radical (unpaired) electrons. The molecule has 2 rings (SSSR count). The van der Waals surface area contributed by atoms with Crippen molar-refractivity contribution in [2.24, 2.45) is 5.92 Å². The van der Waals surface area contributed by atoms with Gasteiger partial charge in [0.15, 0.2) is 0 Å². The van der Waals surface area contributed by atoms with Gasteiger partial charge in [0, 0.05) is 24.4 Å². The van der Waals surface area contributed by atoms with E-state index in [1.54, 1.807) is 18.3 Å². The Balaban J connectivity index is 2.05. The van der Waals surface area contributed by atoms with Crippen molar-refractivity contribution in [3.05, 3.63) is 21.9 Å². The molecule has 1 fully saturated rings. The Hall–Kier alpha value is -0.870. The van der Waals surface area contributed by atoms with Gasteiger partial charge >= 0.3 is 0 Å². The molecule has 0 spiro atoms. The predicted octanol–water partition coefficient (Wildman–Crippen LogP) is 1.90. The van der Waals surface area contributed by atoms with E-state index in [0.717, 1.165) is 24.1 Å². The zero-order chi connectivity index (χ0) is 11.7. The normalized spacial score (nSPS) is 22.4. The maximum absolute atomic E-state index is 12.1. The molecule has 88 valence electrons. The van der Waals surface area contributed by atoms with Crippen LogP contribution in [0.25, 0.3) is 0 Å². The third-order valence-corrected chi connectivity index (χ3v) is 4.14. The Kier molecular flexibility index (Phi) is 3.30. The van der Waals surface area contributed by atoms with Gasteiger partial charge in [0.2, 0.25) is 0 Å². The van der Waals surface area contributed by atoms with Crippen molar-refractivity contribution in [3.8, 4) is 0 Å². The van der Waals surface area contributed by atoms with Gasteiger partial charge in [-0.2, -0.15) is 11.3 Å². The van der Waals surface area contributed by atoms with Gasteiger partial charge in [-0.15, -0.1) is 0 Å². The van der Waals surface area contributed by atoms with Crippen LogP contribution in [0.4, 0.5) is 0 Å². The highest BCUT2D eigenvalue weighted by Crippen LogP contribution is 2.23. The number of hydrogen-bond acceptors (Lipinski definition) is 3. The third kappa shape index (κ3) is 2.13. The minimum atomic E-state index is -0.318. The first-order valence-electron chi connectivity index (χ1n) is 5.59. The standard InChI is InChI=1S/C12H17NO2S/c1-8-6-16-7-11(8)12(15)13-4-3-10(5-13)9(2)14/h6-7,9-10,14H,3-5H2,1-2H3. The van der Waals surface area contributed by atoms with Crippen molar-refractivity contribution in [3.63, 3.8) is 0 Å². The maximum Gasteiger partial charge on any atom is 0.254 e. The summed E-state index contributed by atoms with van der Waals surface area (Å²) in [5.41, 5.74) is 1.87. The van der Waals surface area contributed by atoms with E-state index in [-0.39, 0.29) is 17.9 Å². The van der Waals surface area contributed by atoms with Crippen LogP contribution in [0.1, 0.15) is 29.3 Å². The van der Waals surface area contributed by atoms with Crippen LogP contribution in [0.2, 0.25) is 0 Å². The molecule has 0 aliphatic carbocycles. The number of carbonyl (C=O) groups is 1. The lowest BCUT2D eigenvalue weighted by atomic mass is 10.0. The minimum absolute atomic E-state index is 0.113. The SMILES string of the molecule is Cc1cscc1C(=O)N1CCC(C(C)O)C1. The smallest absolute Gasteiger partial charge is 0.254 e. The fourth-order valence-corrected chi connectivity index (χ4v) is 2.94. The summed E-state index contributed by atoms with van der Waals surface area (Å²) >= 11 is 1.56. The lowest BCUT2D eigenvalue weighted by molar-refractivity contribution is 0.0762. The summed E-state index contributed by atoms with van der Waals surface area (Å²) in [5.74, 6) is 0.352. The number of aliphatic hydroxyl groups is 1. The largest absolute Gasteiger partial charge is 0.393 e. The molecule has 3 nitrogen and oxygen atoms in total. The van der Waals surface area contributed by atoms with Gasteiger partial charge in [-0.05, 0) is 31.2 Å². The molecule has 16 heavy (non-hydrogen) atoms. The van der Waals surface area contributed by atoms with E-state index in [2.05, 4.69) is 0 Å². The molecule has 0 aromatic carbocycles. The first kappa shape index (κ1) is 11.6. The van der Waals surface area contributed by atoms with Crippen LogP contribution in [-0.2, 0) is 0 Å². The second-order valence-corrected chi connectivity index (χ2v) is 5.25. The molecule has 1 saturated heterocycles. The van der Waals surface area contributed by atoms with Crippen LogP contribution in [0, 0.1) is 12.8 Å². The fraction of sp³-hybridized carbons (Fsp3) is 0.583. The van der Waals surface area contributed by atoms with E-state index in [1.807, 2.05) is 22.6 Å². The molecule has 1 aliphatic heterocycles. The molecule has 2 heterocycles. The highest BCUT2D eigenvalue weighted by atomic mass is 32.1. The minimum Gasteiger partial charge on any atom is -0.393 e. The Morgan fingerprint density at radius 1 is 1.62 bits per heavy atom. The second kappa shape index (κ2) is 4.55. The van der Waals surface area contributed by atoms with Gasteiger partial charge < -0.3 is 10.0 Å². The highest BCUT2D eigenvalue weighted by molar-refractivity contribution is 7.08. The van der Waals surface area contributed by atoms with Crippen LogP contribution in [0.15, 0.2) is 10.8 Å². The van der Waals surface area contributed by atoms with E-state index in [1.165, 1.54) is 0 Å². The molecular formula is C12H17NO2S. The number of aryl methyl sites for hydroxylation is 1. The van der Waals surface area contributed by atoms with Gasteiger partial charge in [0.05, 0.1) is 11.7 Å². The van der Waals surface area contributed by atoms with Crippen LogP contribution in [0.5, 0.6) is 0 Å². The lowest BCUT2D eigenvalue weighted by Gasteiger charge is -2.17. The van der Waals surface area contributed by atoms with E-state index >= 15 is 0 Å². The molecule has 0 bridgehead atoms. The molecule has 1 N–H and O–H groups in total. The van der Waals surface area contributed by atoms with Crippen LogP contribution in [-0.4, -0.2) is 35.1 Å². The number of hydrogen-bond donors (Lipinski definition) is 1. The van der Waals surface area contributed by atoms with Crippen molar-refractivity contribution in [1.82, 2.24) is 4.90 Å². The van der Waals surface area contributed by atoms with Gasteiger partial charge in [-0.25, -0.2) is 0 Å². The number of likely N-dealkylation sites (tertiary alicyclic amines) is 1. The number of aliphatic hydroxyl groups excluding tert-OH is 1. The topological polar surface area (TPSA) is 40.5 Å². The summed E-state index contributed by atoms with van der Waals surface area (Å²) in [6, 6.07) is 0. The molecule has 1 aromatic rings. The Bertz CT molecular complexity index is 386. The number of carbonyl (C=O) groups excluding carboxylic acids is 1. The Labute approximate surface area is 99.7 Å². The van der Waals surface area contributed by atoms with E-state index < -0.39 is 0 Å². The average Bonchev–Trinajstić information content (AvgIpc) is 2.84. The number of nitrogens with zero attached hydrogens (tertiary/aromatic N) is 1. The zero-order valence-electron chi connectivity index (χ0n) is 9.64. The second-order valence-electron chi connectivity index (χ2n) is 4.51. The quantitative estimate of drug-likeness (QED) is 0.856. The monoisotopic (exact) mass is 239 g/mol. The first-order chi connectivity index (χ1) is 7.59. The third-order valence-electron chi connectivity index (χ3n) is 3.28. The summed E-state index contributed by atoms with van der Waals surface area (Å²) in [6.45, 7) is 5.22. The van der Waals surface area contributed by atoms with Crippen LogP contribution < -0.4 is 0 Å². The van der Waals surface area contributed by atoms with Gasteiger partial charge in [-0.1, -0.05) is 0 Å². The number of rotatable bonds is 2. The molecule has 0 saturated carbocycles.